The number of nitrogens with zero attached hydrogens (tertiary/aromatic N) is 3. The number of rotatable bonds is 5. The van der Waals surface area contributed by atoms with E-state index in [4.69, 9.17) is 4.74 Å². The Kier molecular flexibility index (Phi) is 5.21. The molecule has 1 N–H and O–H groups in total. The van der Waals surface area contributed by atoms with E-state index in [0.717, 1.165) is 30.8 Å². The number of fused-ring (bicyclic) bond motifs is 1. The fourth-order valence-electron chi connectivity index (χ4n) is 3.66. The SMILES string of the molecule is O=C(CN1C(=O)COc2ccc([N+](=O)[O-])cc21)Nc1c(F)cccc1N1CCCC1. The lowest BCUT2D eigenvalue weighted by molar-refractivity contribution is -0.384. The van der Waals surface area contributed by atoms with Crippen LogP contribution in [-0.4, -0.2) is 43.0 Å². The maximum Gasteiger partial charge on any atom is 0.271 e. The molecule has 9 nitrogen and oxygen atoms in total. The number of ether oxygens (including phenoxy) is 1. The van der Waals surface area contributed by atoms with Gasteiger partial charge in [0, 0.05) is 25.2 Å². The number of carbonyl (C=O) groups is 2. The van der Waals surface area contributed by atoms with E-state index < -0.39 is 29.1 Å². The Morgan fingerprint density at radius 3 is 2.70 bits per heavy atom. The van der Waals surface area contributed by atoms with Crippen LogP contribution >= 0.6 is 0 Å². The van der Waals surface area contributed by atoms with Gasteiger partial charge in [-0.15, -0.1) is 0 Å². The van der Waals surface area contributed by atoms with Gasteiger partial charge in [0.05, 0.1) is 16.3 Å². The molecule has 2 aromatic carbocycles. The van der Waals surface area contributed by atoms with Gasteiger partial charge in [-0.25, -0.2) is 4.39 Å². The normalized spacial score (nSPS) is 15.6. The van der Waals surface area contributed by atoms with Gasteiger partial charge in [-0.1, -0.05) is 6.07 Å². The molecule has 0 radical (unpaired) electrons. The van der Waals surface area contributed by atoms with Gasteiger partial charge >= 0.3 is 0 Å². The number of carbonyl (C=O) groups excluding carboxylic acids is 2. The maximum absolute atomic E-state index is 14.5. The van der Waals surface area contributed by atoms with Crippen LogP contribution in [0.1, 0.15) is 12.8 Å². The third-order valence-electron chi connectivity index (χ3n) is 5.10. The monoisotopic (exact) mass is 414 g/mol. The molecule has 10 heteroatoms. The van der Waals surface area contributed by atoms with E-state index in [0.29, 0.717) is 5.69 Å². The van der Waals surface area contributed by atoms with E-state index in [2.05, 4.69) is 5.32 Å². The van der Waals surface area contributed by atoms with Crippen LogP contribution in [0, 0.1) is 15.9 Å². The lowest BCUT2D eigenvalue weighted by Crippen LogP contribution is -2.43. The van der Waals surface area contributed by atoms with Gasteiger partial charge < -0.3 is 15.0 Å². The molecule has 2 aromatic rings. The molecule has 0 unspecified atom stereocenters. The number of amides is 2. The molecule has 2 heterocycles. The molecule has 0 atom stereocenters. The van der Waals surface area contributed by atoms with Crippen LogP contribution in [0.3, 0.4) is 0 Å². The van der Waals surface area contributed by atoms with Crippen LogP contribution in [0.5, 0.6) is 5.75 Å². The Morgan fingerprint density at radius 2 is 1.97 bits per heavy atom. The van der Waals surface area contributed by atoms with E-state index in [9.17, 15) is 24.1 Å². The zero-order chi connectivity index (χ0) is 21.3. The third kappa shape index (κ3) is 3.76. The summed E-state index contributed by atoms with van der Waals surface area (Å²) in [6.45, 7) is 0.817. The maximum atomic E-state index is 14.5. The van der Waals surface area contributed by atoms with Crippen molar-refractivity contribution in [2.24, 2.45) is 0 Å². The molecule has 0 aliphatic carbocycles. The largest absolute Gasteiger partial charge is 0.482 e. The molecule has 0 saturated carbocycles. The van der Waals surface area contributed by atoms with Crippen molar-refractivity contribution in [3.8, 4) is 5.75 Å². The predicted molar refractivity (Wildman–Crippen MR) is 107 cm³/mol. The molecule has 0 aromatic heterocycles. The summed E-state index contributed by atoms with van der Waals surface area (Å²) >= 11 is 0. The highest BCUT2D eigenvalue weighted by molar-refractivity contribution is 6.06. The molecule has 2 aliphatic heterocycles. The van der Waals surface area contributed by atoms with E-state index >= 15 is 0 Å². The van der Waals surface area contributed by atoms with Crippen molar-refractivity contribution in [1.82, 2.24) is 0 Å². The fraction of sp³-hybridized carbons (Fsp3) is 0.300. The van der Waals surface area contributed by atoms with E-state index in [1.807, 2.05) is 4.90 Å². The molecule has 156 valence electrons. The summed E-state index contributed by atoms with van der Waals surface area (Å²) in [7, 11) is 0. The van der Waals surface area contributed by atoms with Crippen molar-refractivity contribution in [2.45, 2.75) is 12.8 Å². The van der Waals surface area contributed by atoms with Crippen molar-refractivity contribution in [2.75, 3.05) is 41.4 Å². The van der Waals surface area contributed by atoms with Crippen molar-refractivity contribution in [3.63, 3.8) is 0 Å². The lowest BCUT2D eigenvalue weighted by Gasteiger charge is -2.29. The van der Waals surface area contributed by atoms with E-state index in [1.54, 1.807) is 12.1 Å². The minimum atomic E-state index is -0.617. The summed E-state index contributed by atoms with van der Waals surface area (Å²) in [6.07, 6.45) is 1.98. The minimum absolute atomic E-state index is 0.0596. The number of para-hydroxylation sites is 1. The number of benzene rings is 2. The van der Waals surface area contributed by atoms with Crippen LogP contribution in [0.25, 0.3) is 0 Å². The van der Waals surface area contributed by atoms with Crippen LogP contribution in [-0.2, 0) is 9.59 Å². The van der Waals surface area contributed by atoms with Gasteiger partial charge in [0.25, 0.3) is 11.6 Å². The standard InChI is InChI=1S/C20H19FN4O5/c21-14-4-3-5-15(23-8-1-2-9-23)20(14)22-18(26)11-24-16-10-13(25(28)29)6-7-17(16)30-12-19(24)27/h3-7,10H,1-2,8-9,11-12H2,(H,22,26). The van der Waals surface area contributed by atoms with Crippen molar-refractivity contribution < 1.29 is 23.6 Å². The Labute approximate surface area is 171 Å². The summed E-state index contributed by atoms with van der Waals surface area (Å²) < 4.78 is 19.8. The lowest BCUT2D eigenvalue weighted by atomic mass is 10.2. The summed E-state index contributed by atoms with van der Waals surface area (Å²) in [4.78, 5) is 38.6. The van der Waals surface area contributed by atoms with Gasteiger partial charge in [-0.05, 0) is 31.0 Å². The van der Waals surface area contributed by atoms with E-state index in [1.165, 1.54) is 24.3 Å². The number of nitrogens with one attached hydrogen (secondary N) is 1. The molecule has 30 heavy (non-hydrogen) atoms. The average molecular weight is 414 g/mol. The van der Waals surface area contributed by atoms with Crippen molar-refractivity contribution in [3.05, 3.63) is 52.3 Å². The zero-order valence-electron chi connectivity index (χ0n) is 16.0. The van der Waals surface area contributed by atoms with Crippen LogP contribution < -0.4 is 19.9 Å². The number of non-ortho nitro benzene ring substituents is 1. The molecular weight excluding hydrogens is 395 g/mol. The molecule has 2 aliphatic rings. The van der Waals surface area contributed by atoms with Crippen molar-refractivity contribution >= 4 is 34.6 Å². The van der Waals surface area contributed by atoms with Gasteiger partial charge in [0.2, 0.25) is 5.91 Å². The van der Waals surface area contributed by atoms with E-state index in [-0.39, 0.29) is 29.4 Å². The Balaban J connectivity index is 1.58. The predicted octanol–water partition coefficient (Wildman–Crippen LogP) is 2.70. The second kappa shape index (κ2) is 7.97. The molecule has 0 spiro atoms. The Bertz CT molecular complexity index is 1020. The van der Waals surface area contributed by atoms with Crippen LogP contribution in [0.15, 0.2) is 36.4 Å². The van der Waals surface area contributed by atoms with Gasteiger partial charge in [-0.3, -0.25) is 24.6 Å². The summed E-state index contributed by atoms with van der Waals surface area (Å²) in [5, 5.41) is 13.6. The first-order valence-electron chi connectivity index (χ1n) is 9.49. The number of hydrogen-bond donors (Lipinski definition) is 1. The summed E-state index contributed by atoms with van der Waals surface area (Å²) in [6, 6.07) is 8.40. The highest BCUT2D eigenvalue weighted by atomic mass is 19.1. The van der Waals surface area contributed by atoms with Crippen molar-refractivity contribution in [1.29, 1.82) is 0 Å². The highest BCUT2D eigenvalue weighted by Crippen LogP contribution is 2.36. The molecule has 0 bridgehead atoms. The van der Waals surface area contributed by atoms with Gasteiger partial charge in [0.1, 0.15) is 23.8 Å². The first-order valence-corrected chi connectivity index (χ1v) is 9.49. The Morgan fingerprint density at radius 1 is 1.20 bits per heavy atom. The van der Waals surface area contributed by atoms with Gasteiger partial charge in [-0.2, -0.15) is 0 Å². The number of anilines is 3. The average Bonchev–Trinajstić information content (AvgIpc) is 3.26. The second-order valence-electron chi connectivity index (χ2n) is 7.05. The smallest absolute Gasteiger partial charge is 0.271 e. The van der Waals surface area contributed by atoms with Crippen LogP contribution in [0.2, 0.25) is 0 Å². The first kappa shape index (κ1) is 19.6. The fourth-order valence-corrected chi connectivity index (χ4v) is 3.66. The quantitative estimate of drug-likeness (QED) is 0.596. The molecule has 2 amide bonds. The number of halogens is 1. The zero-order valence-corrected chi connectivity index (χ0v) is 16.0. The minimum Gasteiger partial charge on any atom is -0.482 e. The third-order valence-corrected chi connectivity index (χ3v) is 5.10. The molecular formula is C20H19FN4O5. The number of nitro benzene ring substituents is 1. The Hall–Kier alpha value is -3.69. The topological polar surface area (TPSA) is 105 Å². The number of nitro groups is 1. The van der Waals surface area contributed by atoms with Gasteiger partial charge in [0.15, 0.2) is 6.61 Å². The first-order chi connectivity index (χ1) is 14.4. The molecule has 4 rings (SSSR count). The van der Waals surface area contributed by atoms with Crippen LogP contribution in [0.4, 0.5) is 27.1 Å². The summed E-state index contributed by atoms with van der Waals surface area (Å²) in [5.41, 5.74) is 0.543. The highest BCUT2D eigenvalue weighted by Gasteiger charge is 2.30. The second-order valence-corrected chi connectivity index (χ2v) is 7.05. The summed E-state index contributed by atoms with van der Waals surface area (Å²) in [5.74, 6) is -1.45. The number of hydrogen-bond acceptors (Lipinski definition) is 6. The molecule has 1 saturated heterocycles. The molecule has 1 fully saturated rings.